The predicted octanol–water partition coefficient (Wildman–Crippen LogP) is 3.24. The summed E-state index contributed by atoms with van der Waals surface area (Å²) in [5.41, 5.74) is 10.3. The first kappa shape index (κ1) is 10.3. The molecule has 5 heteroatoms. The molecule has 1 aromatic carbocycles. The van der Waals surface area contributed by atoms with Crippen LogP contribution in [0.5, 0.6) is 0 Å². The highest BCUT2D eigenvalue weighted by Crippen LogP contribution is 2.19. The Balaban J connectivity index is 2.44. The summed E-state index contributed by atoms with van der Waals surface area (Å²) in [5, 5.41) is 7.90. The molecule has 16 heavy (non-hydrogen) atoms. The lowest BCUT2D eigenvalue weighted by atomic mass is 10.2. The Morgan fingerprint density at radius 1 is 1.31 bits per heavy atom. The third kappa shape index (κ3) is 1.89. The van der Waals surface area contributed by atoms with Gasteiger partial charge in [-0.2, -0.15) is 5.10 Å². The van der Waals surface area contributed by atoms with Crippen molar-refractivity contribution in [3.63, 3.8) is 0 Å². The maximum atomic E-state index is 8.43. The van der Waals surface area contributed by atoms with E-state index in [0.717, 1.165) is 11.4 Å². The minimum atomic E-state index is -0.229. The lowest BCUT2D eigenvalue weighted by molar-refractivity contribution is 0.706. The van der Waals surface area contributed by atoms with Gasteiger partial charge in [0.1, 0.15) is 0 Å². The number of rotatable bonds is 3. The molecular formula is C11H11N5. The summed E-state index contributed by atoms with van der Waals surface area (Å²) in [7, 11) is 0. The van der Waals surface area contributed by atoms with Gasteiger partial charge in [-0.3, -0.25) is 0 Å². The highest BCUT2D eigenvalue weighted by molar-refractivity contribution is 5.32. The summed E-state index contributed by atoms with van der Waals surface area (Å²) >= 11 is 0. The van der Waals surface area contributed by atoms with Gasteiger partial charge in [-0.15, -0.1) is 0 Å². The highest BCUT2D eigenvalue weighted by atomic mass is 15.3. The van der Waals surface area contributed by atoms with Crippen LogP contribution in [0.4, 0.5) is 0 Å². The third-order valence-corrected chi connectivity index (χ3v) is 2.33. The van der Waals surface area contributed by atoms with Crippen LogP contribution in [0.1, 0.15) is 18.7 Å². The molecule has 1 atom stereocenters. The fourth-order valence-corrected chi connectivity index (χ4v) is 1.55. The van der Waals surface area contributed by atoms with E-state index >= 15 is 0 Å². The van der Waals surface area contributed by atoms with Crippen molar-refractivity contribution < 1.29 is 0 Å². The Hall–Kier alpha value is -2.26. The van der Waals surface area contributed by atoms with Crippen LogP contribution >= 0.6 is 0 Å². The second kappa shape index (κ2) is 4.51. The van der Waals surface area contributed by atoms with Gasteiger partial charge in [-0.25, -0.2) is 4.68 Å². The fraction of sp³-hybridized carbons (Fsp3) is 0.182. The van der Waals surface area contributed by atoms with Crippen molar-refractivity contribution in [3.05, 3.63) is 58.7 Å². The SMILES string of the molecule is CC(N=[N+]=[N-])c1ccnn1-c1ccccc1. The first-order valence-corrected chi connectivity index (χ1v) is 4.96. The highest BCUT2D eigenvalue weighted by Gasteiger charge is 2.10. The molecule has 0 spiro atoms. The molecule has 0 radical (unpaired) electrons. The molecule has 0 aliphatic rings. The normalized spacial score (nSPS) is 11.8. The molecule has 0 aliphatic carbocycles. The number of benzene rings is 1. The Morgan fingerprint density at radius 2 is 2.06 bits per heavy atom. The van der Waals surface area contributed by atoms with Gasteiger partial charge in [0.05, 0.1) is 17.4 Å². The molecule has 0 fully saturated rings. The van der Waals surface area contributed by atoms with E-state index in [1.54, 1.807) is 10.9 Å². The van der Waals surface area contributed by atoms with Crippen molar-refractivity contribution in [2.45, 2.75) is 13.0 Å². The maximum Gasteiger partial charge on any atom is 0.0771 e. The molecule has 0 saturated heterocycles. The summed E-state index contributed by atoms with van der Waals surface area (Å²) in [5.74, 6) is 0. The molecule has 2 aromatic rings. The molecule has 0 aliphatic heterocycles. The van der Waals surface area contributed by atoms with Crippen LogP contribution < -0.4 is 0 Å². The largest absolute Gasteiger partial charge is 0.237 e. The number of para-hydroxylation sites is 1. The lowest BCUT2D eigenvalue weighted by Gasteiger charge is -2.09. The second-order valence-corrected chi connectivity index (χ2v) is 3.38. The van der Waals surface area contributed by atoms with E-state index in [1.807, 2.05) is 43.3 Å². The minimum absolute atomic E-state index is 0.229. The Morgan fingerprint density at radius 3 is 2.75 bits per heavy atom. The number of aromatic nitrogens is 2. The molecule has 1 aromatic heterocycles. The van der Waals surface area contributed by atoms with E-state index < -0.39 is 0 Å². The Kier molecular flexibility index (Phi) is 2.89. The zero-order valence-electron chi connectivity index (χ0n) is 8.85. The Labute approximate surface area is 93.0 Å². The molecule has 2 rings (SSSR count). The van der Waals surface area contributed by atoms with E-state index in [4.69, 9.17) is 5.53 Å². The fourth-order valence-electron chi connectivity index (χ4n) is 1.55. The molecule has 0 amide bonds. The van der Waals surface area contributed by atoms with Gasteiger partial charge < -0.3 is 0 Å². The summed E-state index contributed by atoms with van der Waals surface area (Å²) in [6.45, 7) is 1.84. The number of azide groups is 1. The average molecular weight is 213 g/mol. The molecule has 1 heterocycles. The molecular weight excluding hydrogens is 202 g/mol. The Bertz CT molecular complexity index is 510. The number of hydrogen-bond acceptors (Lipinski definition) is 2. The van der Waals surface area contributed by atoms with Crippen LogP contribution in [0.3, 0.4) is 0 Å². The van der Waals surface area contributed by atoms with E-state index in [1.165, 1.54) is 0 Å². The standard InChI is InChI=1S/C11H11N5/c1-9(14-15-12)11-7-8-13-16(11)10-5-3-2-4-6-10/h2-9H,1H3. The van der Waals surface area contributed by atoms with Gasteiger partial charge in [-0.05, 0) is 23.7 Å². The van der Waals surface area contributed by atoms with Gasteiger partial charge in [0.15, 0.2) is 0 Å². The van der Waals surface area contributed by atoms with E-state index in [0.29, 0.717) is 0 Å². The van der Waals surface area contributed by atoms with Crippen molar-refractivity contribution in [3.8, 4) is 5.69 Å². The van der Waals surface area contributed by atoms with Crippen LogP contribution in [-0.4, -0.2) is 9.78 Å². The second-order valence-electron chi connectivity index (χ2n) is 3.38. The first-order chi connectivity index (χ1) is 7.83. The summed E-state index contributed by atoms with van der Waals surface area (Å²) in [6, 6.07) is 11.4. The quantitative estimate of drug-likeness (QED) is 0.438. The number of nitrogens with zero attached hydrogens (tertiary/aromatic N) is 5. The van der Waals surface area contributed by atoms with Crippen LogP contribution in [0.2, 0.25) is 0 Å². The van der Waals surface area contributed by atoms with Gasteiger partial charge in [0, 0.05) is 11.1 Å². The van der Waals surface area contributed by atoms with Crippen molar-refractivity contribution in [1.82, 2.24) is 9.78 Å². The van der Waals surface area contributed by atoms with Crippen molar-refractivity contribution in [1.29, 1.82) is 0 Å². The zero-order valence-corrected chi connectivity index (χ0v) is 8.85. The predicted molar refractivity (Wildman–Crippen MR) is 61.1 cm³/mol. The van der Waals surface area contributed by atoms with E-state index in [9.17, 15) is 0 Å². The summed E-state index contributed by atoms with van der Waals surface area (Å²) in [6.07, 6.45) is 1.70. The first-order valence-electron chi connectivity index (χ1n) is 4.96. The zero-order chi connectivity index (χ0) is 11.4. The van der Waals surface area contributed by atoms with Gasteiger partial charge >= 0.3 is 0 Å². The average Bonchev–Trinajstić information content (AvgIpc) is 2.79. The smallest absolute Gasteiger partial charge is 0.0771 e. The topological polar surface area (TPSA) is 66.6 Å². The van der Waals surface area contributed by atoms with Crippen LogP contribution in [0.15, 0.2) is 47.7 Å². The molecule has 0 bridgehead atoms. The van der Waals surface area contributed by atoms with E-state index in [2.05, 4.69) is 15.1 Å². The molecule has 80 valence electrons. The molecule has 1 unspecified atom stereocenters. The molecule has 5 nitrogen and oxygen atoms in total. The summed E-state index contributed by atoms with van der Waals surface area (Å²) < 4.78 is 1.78. The molecule has 0 saturated carbocycles. The van der Waals surface area contributed by atoms with Crippen molar-refractivity contribution >= 4 is 0 Å². The monoisotopic (exact) mass is 213 g/mol. The van der Waals surface area contributed by atoms with Crippen molar-refractivity contribution in [2.75, 3.05) is 0 Å². The molecule has 0 N–H and O–H groups in total. The van der Waals surface area contributed by atoms with Crippen LogP contribution in [0, 0.1) is 0 Å². The van der Waals surface area contributed by atoms with Gasteiger partial charge in [-0.1, -0.05) is 30.2 Å². The number of hydrogen-bond donors (Lipinski definition) is 0. The van der Waals surface area contributed by atoms with Gasteiger partial charge in [0.2, 0.25) is 0 Å². The summed E-state index contributed by atoms with van der Waals surface area (Å²) in [4.78, 5) is 2.81. The van der Waals surface area contributed by atoms with Crippen molar-refractivity contribution in [2.24, 2.45) is 5.11 Å². The third-order valence-electron chi connectivity index (χ3n) is 2.33. The lowest BCUT2D eigenvalue weighted by Crippen LogP contribution is -2.03. The van der Waals surface area contributed by atoms with Gasteiger partial charge in [0.25, 0.3) is 0 Å². The van der Waals surface area contributed by atoms with Crippen LogP contribution in [-0.2, 0) is 0 Å². The minimum Gasteiger partial charge on any atom is -0.237 e. The maximum absolute atomic E-state index is 8.43. The van der Waals surface area contributed by atoms with E-state index in [-0.39, 0.29) is 6.04 Å². The van der Waals surface area contributed by atoms with Crippen LogP contribution in [0.25, 0.3) is 16.1 Å².